The molecule has 2 aromatic rings. The second-order valence-corrected chi connectivity index (χ2v) is 5.65. The molecule has 0 aliphatic carbocycles. The van der Waals surface area contributed by atoms with Gasteiger partial charge in [-0.25, -0.2) is 0 Å². The van der Waals surface area contributed by atoms with Gasteiger partial charge in [-0.2, -0.15) is 5.10 Å². The van der Waals surface area contributed by atoms with E-state index in [4.69, 9.17) is 0 Å². The zero-order valence-electron chi connectivity index (χ0n) is 11.3. The highest BCUT2D eigenvalue weighted by Gasteiger charge is 2.15. The Balaban J connectivity index is 2.45. The molecular formula is C15H20N2. The van der Waals surface area contributed by atoms with Crippen LogP contribution in [0.1, 0.15) is 31.9 Å². The van der Waals surface area contributed by atoms with Crippen molar-refractivity contribution in [3.63, 3.8) is 0 Å². The SMILES string of the molecule is Cc1cc(C(C)(C)C)ccc1-c1ccn(C)n1. The van der Waals surface area contributed by atoms with E-state index >= 15 is 0 Å². The van der Waals surface area contributed by atoms with Gasteiger partial charge in [0.05, 0.1) is 5.69 Å². The number of benzene rings is 1. The van der Waals surface area contributed by atoms with Gasteiger partial charge >= 0.3 is 0 Å². The van der Waals surface area contributed by atoms with Crippen LogP contribution < -0.4 is 0 Å². The summed E-state index contributed by atoms with van der Waals surface area (Å²) >= 11 is 0. The zero-order valence-corrected chi connectivity index (χ0v) is 11.3. The topological polar surface area (TPSA) is 17.8 Å². The zero-order chi connectivity index (χ0) is 12.6. The van der Waals surface area contributed by atoms with Crippen LogP contribution in [0.5, 0.6) is 0 Å². The molecule has 0 bridgehead atoms. The lowest BCUT2D eigenvalue weighted by atomic mass is 9.85. The standard InChI is InChI=1S/C15H20N2/c1-11-10-12(15(2,3)4)6-7-13(11)14-8-9-17(5)16-14/h6-10H,1-5H3. The molecule has 1 aromatic carbocycles. The summed E-state index contributed by atoms with van der Waals surface area (Å²) in [6.45, 7) is 8.87. The van der Waals surface area contributed by atoms with Crippen LogP contribution in [0.15, 0.2) is 30.5 Å². The summed E-state index contributed by atoms with van der Waals surface area (Å²) in [4.78, 5) is 0. The summed E-state index contributed by atoms with van der Waals surface area (Å²) in [5.74, 6) is 0. The third-order valence-electron chi connectivity index (χ3n) is 3.08. The van der Waals surface area contributed by atoms with Crippen LogP contribution in [-0.4, -0.2) is 9.78 Å². The van der Waals surface area contributed by atoms with Gasteiger partial charge < -0.3 is 0 Å². The van der Waals surface area contributed by atoms with Crippen molar-refractivity contribution < 1.29 is 0 Å². The molecule has 0 fully saturated rings. The molecule has 17 heavy (non-hydrogen) atoms. The minimum absolute atomic E-state index is 0.202. The molecule has 0 spiro atoms. The van der Waals surface area contributed by atoms with Crippen LogP contribution in [0.2, 0.25) is 0 Å². The minimum atomic E-state index is 0.202. The highest BCUT2D eigenvalue weighted by atomic mass is 15.2. The van der Waals surface area contributed by atoms with E-state index in [-0.39, 0.29) is 5.41 Å². The van der Waals surface area contributed by atoms with E-state index in [1.54, 1.807) is 0 Å². The van der Waals surface area contributed by atoms with Crippen molar-refractivity contribution in [2.24, 2.45) is 7.05 Å². The Bertz CT molecular complexity index is 530. The molecule has 0 aliphatic rings. The van der Waals surface area contributed by atoms with Crippen molar-refractivity contribution >= 4 is 0 Å². The highest BCUT2D eigenvalue weighted by molar-refractivity contribution is 5.63. The lowest BCUT2D eigenvalue weighted by Crippen LogP contribution is -2.11. The summed E-state index contributed by atoms with van der Waals surface area (Å²) in [5.41, 5.74) is 5.13. The Morgan fingerprint density at radius 3 is 2.29 bits per heavy atom. The molecule has 1 aromatic heterocycles. The quantitative estimate of drug-likeness (QED) is 0.728. The predicted octanol–water partition coefficient (Wildman–Crippen LogP) is 3.69. The highest BCUT2D eigenvalue weighted by Crippen LogP contribution is 2.28. The van der Waals surface area contributed by atoms with Gasteiger partial charge in [0.2, 0.25) is 0 Å². The molecule has 90 valence electrons. The first-order valence-corrected chi connectivity index (χ1v) is 5.99. The third kappa shape index (κ3) is 2.41. The monoisotopic (exact) mass is 228 g/mol. The first-order valence-electron chi connectivity index (χ1n) is 5.99. The molecule has 0 saturated heterocycles. The molecule has 2 rings (SSSR count). The number of nitrogens with zero attached hydrogens (tertiary/aromatic N) is 2. The molecule has 0 N–H and O–H groups in total. The van der Waals surface area contributed by atoms with Gasteiger partial charge in [-0.3, -0.25) is 4.68 Å². The van der Waals surface area contributed by atoms with Crippen LogP contribution in [0.3, 0.4) is 0 Å². The summed E-state index contributed by atoms with van der Waals surface area (Å²) in [6.07, 6.45) is 1.98. The van der Waals surface area contributed by atoms with Crippen LogP contribution in [0.25, 0.3) is 11.3 Å². The van der Waals surface area contributed by atoms with E-state index in [1.807, 2.05) is 17.9 Å². The van der Waals surface area contributed by atoms with Crippen molar-refractivity contribution in [3.05, 3.63) is 41.6 Å². The fourth-order valence-electron chi connectivity index (χ4n) is 1.98. The number of hydrogen-bond donors (Lipinski definition) is 0. The maximum absolute atomic E-state index is 4.45. The Labute approximate surface area is 103 Å². The molecule has 1 heterocycles. The average molecular weight is 228 g/mol. The number of rotatable bonds is 1. The first-order chi connectivity index (χ1) is 7.88. The van der Waals surface area contributed by atoms with Crippen LogP contribution >= 0.6 is 0 Å². The lowest BCUT2D eigenvalue weighted by Gasteiger charge is -2.20. The van der Waals surface area contributed by atoms with E-state index < -0.39 is 0 Å². The predicted molar refractivity (Wildman–Crippen MR) is 72.1 cm³/mol. The van der Waals surface area contributed by atoms with E-state index in [2.05, 4.69) is 57.1 Å². The molecular weight excluding hydrogens is 208 g/mol. The minimum Gasteiger partial charge on any atom is -0.275 e. The second-order valence-electron chi connectivity index (χ2n) is 5.65. The van der Waals surface area contributed by atoms with Gasteiger partial charge in [-0.1, -0.05) is 39.0 Å². The van der Waals surface area contributed by atoms with Gasteiger partial charge in [0, 0.05) is 18.8 Å². The van der Waals surface area contributed by atoms with E-state index in [0.29, 0.717) is 0 Å². The van der Waals surface area contributed by atoms with Crippen molar-refractivity contribution in [1.29, 1.82) is 0 Å². The molecule has 0 unspecified atom stereocenters. The van der Waals surface area contributed by atoms with Crippen molar-refractivity contribution in [2.75, 3.05) is 0 Å². The van der Waals surface area contributed by atoms with Crippen LogP contribution in [-0.2, 0) is 12.5 Å². The maximum atomic E-state index is 4.45. The van der Waals surface area contributed by atoms with Gasteiger partial charge in [0.25, 0.3) is 0 Å². The summed E-state index contributed by atoms with van der Waals surface area (Å²) in [6, 6.07) is 8.71. The van der Waals surface area contributed by atoms with E-state index in [1.165, 1.54) is 16.7 Å². The smallest absolute Gasteiger partial charge is 0.0925 e. The van der Waals surface area contributed by atoms with Crippen molar-refractivity contribution in [3.8, 4) is 11.3 Å². The summed E-state index contributed by atoms with van der Waals surface area (Å²) in [7, 11) is 1.95. The van der Waals surface area contributed by atoms with Gasteiger partial charge in [0.1, 0.15) is 0 Å². The van der Waals surface area contributed by atoms with Gasteiger partial charge in [-0.15, -0.1) is 0 Å². The summed E-state index contributed by atoms with van der Waals surface area (Å²) < 4.78 is 1.84. The molecule has 0 atom stereocenters. The fourth-order valence-corrected chi connectivity index (χ4v) is 1.98. The lowest BCUT2D eigenvalue weighted by molar-refractivity contribution is 0.590. The van der Waals surface area contributed by atoms with E-state index in [9.17, 15) is 0 Å². The van der Waals surface area contributed by atoms with Crippen molar-refractivity contribution in [2.45, 2.75) is 33.1 Å². The fraction of sp³-hybridized carbons (Fsp3) is 0.400. The number of aromatic nitrogens is 2. The third-order valence-corrected chi connectivity index (χ3v) is 3.08. The number of aryl methyl sites for hydroxylation is 2. The Kier molecular flexibility index (Phi) is 2.82. The average Bonchev–Trinajstić information content (AvgIpc) is 2.63. The molecule has 0 aliphatic heterocycles. The number of hydrogen-bond acceptors (Lipinski definition) is 1. The Morgan fingerprint density at radius 1 is 1.12 bits per heavy atom. The molecule has 0 saturated carbocycles. The van der Waals surface area contributed by atoms with Crippen LogP contribution in [0, 0.1) is 6.92 Å². The first kappa shape index (κ1) is 11.9. The van der Waals surface area contributed by atoms with Crippen LogP contribution in [0.4, 0.5) is 0 Å². The normalized spacial score (nSPS) is 11.8. The molecule has 0 amide bonds. The second kappa shape index (κ2) is 4.02. The largest absolute Gasteiger partial charge is 0.275 e. The molecule has 2 heteroatoms. The van der Waals surface area contributed by atoms with Gasteiger partial charge in [0.15, 0.2) is 0 Å². The van der Waals surface area contributed by atoms with Gasteiger partial charge in [-0.05, 0) is 29.5 Å². The molecule has 2 nitrogen and oxygen atoms in total. The Morgan fingerprint density at radius 2 is 1.82 bits per heavy atom. The molecule has 0 radical (unpaired) electrons. The summed E-state index contributed by atoms with van der Waals surface area (Å²) in [5, 5.41) is 4.45. The van der Waals surface area contributed by atoms with Crippen molar-refractivity contribution in [1.82, 2.24) is 9.78 Å². The maximum Gasteiger partial charge on any atom is 0.0925 e. The van der Waals surface area contributed by atoms with E-state index in [0.717, 1.165) is 5.69 Å². The Hall–Kier alpha value is -1.57.